The minimum absolute atomic E-state index is 0.00837. The van der Waals surface area contributed by atoms with Gasteiger partial charge in [0.1, 0.15) is 0 Å². The SMILES string of the molecule is CC(=CC(=O)C(C)CCC[C@]1(C)OCC(=CCO)CC[C@H]1O)C(C)C. The summed E-state index contributed by atoms with van der Waals surface area (Å²) in [5.41, 5.74) is 1.58. The van der Waals surface area contributed by atoms with E-state index in [9.17, 15) is 9.90 Å². The molecule has 25 heavy (non-hydrogen) atoms. The molecule has 1 unspecified atom stereocenters. The second-order valence-corrected chi connectivity index (χ2v) is 7.94. The summed E-state index contributed by atoms with van der Waals surface area (Å²) in [5, 5.41) is 19.5. The molecule has 1 aliphatic heterocycles. The van der Waals surface area contributed by atoms with Crippen molar-refractivity contribution < 1.29 is 19.7 Å². The second-order valence-electron chi connectivity index (χ2n) is 7.94. The van der Waals surface area contributed by atoms with E-state index in [1.165, 1.54) is 0 Å². The number of aliphatic hydroxyl groups is 2. The molecule has 0 bridgehead atoms. The summed E-state index contributed by atoms with van der Waals surface area (Å²) < 4.78 is 5.98. The van der Waals surface area contributed by atoms with Crippen molar-refractivity contribution in [1.82, 2.24) is 0 Å². The highest BCUT2D eigenvalue weighted by Crippen LogP contribution is 2.31. The maximum absolute atomic E-state index is 12.3. The molecule has 1 aliphatic rings. The normalized spacial score (nSPS) is 28.2. The molecule has 0 spiro atoms. The highest BCUT2D eigenvalue weighted by atomic mass is 16.5. The highest BCUT2D eigenvalue weighted by molar-refractivity contribution is 5.92. The number of carbonyl (C=O) groups excluding carboxylic acids is 1. The van der Waals surface area contributed by atoms with Gasteiger partial charge in [-0.3, -0.25) is 4.79 Å². The summed E-state index contributed by atoms with van der Waals surface area (Å²) in [4.78, 5) is 12.3. The van der Waals surface area contributed by atoms with Gasteiger partial charge in [-0.1, -0.05) is 32.4 Å². The van der Waals surface area contributed by atoms with E-state index in [-0.39, 0.29) is 18.3 Å². The van der Waals surface area contributed by atoms with Crippen molar-refractivity contribution in [3.05, 3.63) is 23.3 Å². The van der Waals surface area contributed by atoms with Crippen LogP contribution in [0.25, 0.3) is 0 Å². The average Bonchev–Trinajstić information content (AvgIpc) is 2.69. The monoisotopic (exact) mass is 352 g/mol. The van der Waals surface area contributed by atoms with Crippen molar-refractivity contribution in [2.75, 3.05) is 13.2 Å². The third-order valence-electron chi connectivity index (χ3n) is 5.49. The second kappa shape index (κ2) is 10.2. The molecule has 0 radical (unpaired) electrons. The molecule has 0 aromatic rings. The van der Waals surface area contributed by atoms with E-state index < -0.39 is 11.7 Å². The van der Waals surface area contributed by atoms with E-state index in [2.05, 4.69) is 13.8 Å². The molecule has 144 valence electrons. The van der Waals surface area contributed by atoms with E-state index in [4.69, 9.17) is 9.84 Å². The van der Waals surface area contributed by atoms with Gasteiger partial charge in [0.25, 0.3) is 0 Å². The average molecular weight is 353 g/mol. The van der Waals surface area contributed by atoms with Crippen LogP contribution < -0.4 is 0 Å². The molecule has 1 saturated heterocycles. The zero-order valence-corrected chi connectivity index (χ0v) is 16.5. The fourth-order valence-electron chi connectivity index (χ4n) is 3.02. The quantitative estimate of drug-likeness (QED) is 0.515. The van der Waals surface area contributed by atoms with Crippen molar-refractivity contribution >= 4 is 5.78 Å². The van der Waals surface area contributed by atoms with Crippen LogP contribution >= 0.6 is 0 Å². The number of ether oxygens (including phenoxy) is 1. The Hall–Kier alpha value is -0.970. The summed E-state index contributed by atoms with van der Waals surface area (Å²) >= 11 is 0. The smallest absolute Gasteiger partial charge is 0.158 e. The van der Waals surface area contributed by atoms with Gasteiger partial charge in [0.05, 0.1) is 24.9 Å². The summed E-state index contributed by atoms with van der Waals surface area (Å²) in [5.74, 6) is 0.572. The number of hydrogen-bond donors (Lipinski definition) is 2. The van der Waals surface area contributed by atoms with Crippen LogP contribution in [-0.4, -0.2) is 40.9 Å². The molecule has 1 heterocycles. The van der Waals surface area contributed by atoms with Gasteiger partial charge in [-0.05, 0) is 63.5 Å². The molecular formula is C21H36O4. The van der Waals surface area contributed by atoms with Crippen LogP contribution in [0.5, 0.6) is 0 Å². The van der Waals surface area contributed by atoms with Crippen molar-refractivity contribution in [2.45, 2.75) is 78.4 Å². The first-order chi connectivity index (χ1) is 11.7. The highest BCUT2D eigenvalue weighted by Gasteiger charge is 2.36. The Labute approximate surface area is 153 Å². The fraction of sp³-hybridized carbons (Fsp3) is 0.762. The standard InChI is InChI=1S/C21H36O4/c1-15(2)17(4)13-19(23)16(3)7-6-11-21(5)20(24)9-8-18(10-12-22)14-25-21/h10,13,15-16,20,22,24H,6-9,11-12,14H2,1-5H3/t16?,20-,21+/m1/s1. The molecule has 4 nitrogen and oxygen atoms in total. The van der Waals surface area contributed by atoms with Crippen LogP contribution in [0.15, 0.2) is 23.3 Å². The number of hydrogen-bond acceptors (Lipinski definition) is 4. The van der Waals surface area contributed by atoms with Gasteiger partial charge in [-0.2, -0.15) is 0 Å². The molecule has 1 fully saturated rings. The van der Waals surface area contributed by atoms with E-state index in [1.807, 2.05) is 20.8 Å². The summed E-state index contributed by atoms with van der Waals surface area (Å²) in [6, 6.07) is 0. The summed E-state index contributed by atoms with van der Waals surface area (Å²) in [6.07, 6.45) is 6.79. The molecule has 2 N–H and O–H groups in total. The van der Waals surface area contributed by atoms with Gasteiger partial charge >= 0.3 is 0 Å². The molecule has 0 aromatic heterocycles. The predicted octanol–water partition coefficient (Wildman–Crippen LogP) is 3.81. The molecule has 0 amide bonds. The fourth-order valence-corrected chi connectivity index (χ4v) is 3.02. The molecule has 0 aromatic carbocycles. The Bertz CT molecular complexity index is 492. The third-order valence-corrected chi connectivity index (χ3v) is 5.49. The van der Waals surface area contributed by atoms with Gasteiger partial charge in [0.2, 0.25) is 0 Å². The molecule has 1 rings (SSSR count). The summed E-state index contributed by atoms with van der Waals surface area (Å²) in [6.45, 7) is 10.6. The first kappa shape index (κ1) is 22.1. The first-order valence-electron chi connectivity index (χ1n) is 9.52. The van der Waals surface area contributed by atoms with Crippen LogP contribution in [0.4, 0.5) is 0 Å². The van der Waals surface area contributed by atoms with Crippen molar-refractivity contribution in [2.24, 2.45) is 11.8 Å². The number of ketones is 1. The lowest BCUT2D eigenvalue weighted by Crippen LogP contribution is -2.41. The Morgan fingerprint density at radius 1 is 1.40 bits per heavy atom. The van der Waals surface area contributed by atoms with Crippen molar-refractivity contribution in [3.63, 3.8) is 0 Å². The number of aliphatic hydroxyl groups excluding tert-OH is 2. The maximum atomic E-state index is 12.3. The number of allylic oxidation sites excluding steroid dienone is 2. The zero-order valence-electron chi connectivity index (χ0n) is 16.5. The first-order valence-corrected chi connectivity index (χ1v) is 9.52. The Morgan fingerprint density at radius 3 is 2.68 bits per heavy atom. The van der Waals surface area contributed by atoms with Crippen LogP contribution in [0.1, 0.15) is 66.7 Å². The van der Waals surface area contributed by atoms with Crippen LogP contribution in [0.3, 0.4) is 0 Å². The number of carbonyl (C=O) groups is 1. The number of rotatable bonds is 8. The van der Waals surface area contributed by atoms with E-state index in [0.29, 0.717) is 18.9 Å². The minimum Gasteiger partial charge on any atom is -0.392 e. The third kappa shape index (κ3) is 7.04. The van der Waals surface area contributed by atoms with Gasteiger partial charge in [-0.25, -0.2) is 0 Å². The predicted molar refractivity (Wildman–Crippen MR) is 101 cm³/mol. The Morgan fingerprint density at radius 2 is 2.08 bits per heavy atom. The van der Waals surface area contributed by atoms with Gasteiger partial charge < -0.3 is 14.9 Å². The lowest BCUT2D eigenvalue weighted by molar-refractivity contribution is -0.118. The lowest BCUT2D eigenvalue weighted by Gasteiger charge is -2.33. The lowest BCUT2D eigenvalue weighted by atomic mass is 9.87. The van der Waals surface area contributed by atoms with E-state index >= 15 is 0 Å². The molecule has 3 atom stereocenters. The largest absolute Gasteiger partial charge is 0.392 e. The molecule has 0 aliphatic carbocycles. The Kier molecular flexibility index (Phi) is 9.04. The van der Waals surface area contributed by atoms with E-state index in [1.54, 1.807) is 12.2 Å². The summed E-state index contributed by atoms with van der Waals surface area (Å²) in [7, 11) is 0. The van der Waals surface area contributed by atoms with Crippen LogP contribution in [0, 0.1) is 11.8 Å². The van der Waals surface area contributed by atoms with Crippen molar-refractivity contribution in [3.8, 4) is 0 Å². The van der Waals surface area contributed by atoms with Crippen LogP contribution in [0.2, 0.25) is 0 Å². The molecule has 0 saturated carbocycles. The Balaban J connectivity index is 2.54. The van der Waals surface area contributed by atoms with Crippen LogP contribution in [-0.2, 0) is 9.53 Å². The van der Waals surface area contributed by atoms with Crippen molar-refractivity contribution in [1.29, 1.82) is 0 Å². The topological polar surface area (TPSA) is 66.8 Å². The maximum Gasteiger partial charge on any atom is 0.158 e. The van der Waals surface area contributed by atoms with Gasteiger partial charge in [0.15, 0.2) is 5.78 Å². The molecule has 4 heteroatoms. The van der Waals surface area contributed by atoms with Gasteiger partial charge in [-0.15, -0.1) is 0 Å². The molecular weight excluding hydrogens is 316 g/mol. The zero-order chi connectivity index (χ0) is 19.0. The van der Waals surface area contributed by atoms with Gasteiger partial charge in [0, 0.05) is 5.92 Å². The minimum atomic E-state index is -0.586. The van der Waals surface area contributed by atoms with E-state index in [0.717, 1.165) is 36.8 Å².